The summed E-state index contributed by atoms with van der Waals surface area (Å²) in [5, 5.41) is 14.9. The first kappa shape index (κ1) is 15.8. The molecule has 0 aromatic heterocycles. The molecule has 2 rings (SSSR count). The molecule has 5 nitrogen and oxygen atoms in total. The topological polar surface area (TPSA) is 70.6 Å². The number of urea groups is 1. The average Bonchev–Trinajstić information content (AvgIpc) is 2.97. The Labute approximate surface area is 125 Å². The summed E-state index contributed by atoms with van der Waals surface area (Å²) in [6.07, 6.45) is 4.66. The second-order valence-corrected chi connectivity index (χ2v) is 5.46. The van der Waals surface area contributed by atoms with Gasteiger partial charge in [-0.15, -0.1) is 0 Å². The lowest BCUT2D eigenvalue weighted by Gasteiger charge is -2.12. The molecule has 0 bridgehead atoms. The summed E-state index contributed by atoms with van der Waals surface area (Å²) in [7, 11) is 0. The SMILES string of the molecule is CC(O)c1ccc(NC(=O)NCCOC2CCCC2)cc1. The lowest BCUT2D eigenvalue weighted by Crippen LogP contribution is -2.32. The Morgan fingerprint density at radius 1 is 1.33 bits per heavy atom. The zero-order chi connectivity index (χ0) is 15.1. The van der Waals surface area contributed by atoms with E-state index in [-0.39, 0.29) is 6.03 Å². The van der Waals surface area contributed by atoms with E-state index in [1.54, 1.807) is 31.2 Å². The summed E-state index contributed by atoms with van der Waals surface area (Å²) >= 11 is 0. The molecule has 1 saturated carbocycles. The van der Waals surface area contributed by atoms with Crippen molar-refractivity contribution >= 4 is 11.7 Å². The van der Waals surface area contributed by atoms with Gasteiger partial charge < -0.3 is 20.5 Å². The van der Waals surface area contributed by atoms with Crippen LogP contribution >= 0.6 is 0 Å². The van der Waals surface area contributed by atoms with Crippen molar-refractivity contribution in [3.63, 3.8) is 0 Å². The Balaban J connectivity index is 1.64. The Kier molecular flexibility index (Phi) is 6.02. The first-order valence-electron chi connectivity index (χ1n) is 7.59. The van der Waals surface area contributed by atoms with E-state index < -0.39 is 6.10 Å². The minimum absolute atomic E-state index is 0.241. The highest BCUT2D eigenvalue weighted by molar-refractivity contribution is 5.89. The van der Waals surface area contributed by atoms with Crippen molar-refractivity contribution in [2.45, 2.75) is 44.8 Å². The molecule has 1 unspecified atom stereocenters. The van der Waals surface area contributed by atoms with Crippen LogP contribution in [0.4, 0.5) is 10.5 Å². The molecule has 5 heteroatoms. The molecule has 1 aliphatic carbocycles. The van der Waals surface area contributed by atoms with Crippen molar-refractivity contribution in [3.05, 3.63) is 29.8 Å². The van der Waals surface area contributed by atoms with Gasteiger partial charge in [-0.2, -0.15) is 0 Å². The van der Waals surface area contributed by atoms with E-state index in [0.29, 0.717) is 24.9 Å². The smallest absolute Gasteiger partial charge is 0.319 e. The summed E-state index contributed by atoms with van der Waals surface area (Å²) in [6.45, 7) is 2.77. The highest BCUT2D eigenvalue weighted by Gasteiger charge is 2.14. The number of carbonyl (C=O) groups is 1. The standard InChI is InChI=1S/C16H24N2O3/c1-12(19)13-6-8-14(9-7-13)18-16(20)17-10-11-21-15-4-2-3-5-15/h6-9,12,15,19H,2-5,10-11H2,1H3,(H2,17,18,20). The van der Waals surface area contributed by atoms with Crippen LogP contribution in [-0.2, 0) is 4.74 Å². The number of hydrogen-bond donors (Lipinski definition) is 3. The lowest BCUT2D eigenvalue weighted by molar-refractivity contribution is 0.0615. The first-order valence-corrected chi connectivity index (χ1v) is 7.59. The molecule has 0 saturated heterocycles. The molecule has 116 valence electrons. The Hall–Kier alpha value is -1.59. The van der Waals surface area contributed by atoms with E-state index in [1.165, 1.54) is 12.8 Å². The number of hydrogen-bond acceptors (Lipinski definition) is 3. The second kappa shape index (κ2) is 8.00. The maximum absolute atomic E-state index is 11.7. The summed E-state index contributed by atoms with van der Waals surface area (Å²) in [4.78, 5) is 11.7. The van der Waals surface area contributed by atoms with Gasteiger partial charge in [0, 0.05) is 12.2 Å². The van der Waals surface area contributed by atoms with Gasteiger partial charge in [-0.05, 0) is 37.5 Å². The molecular weight excluding hydrogens is 268 g/mol. The average molecular weight is 292 g/mol. The van der Waals surface area contributed by atoms with Gasteiger partial charge in [0.2, 0.25) is 0 Å². The summed E-state index contributed by atoms with van der Waals surface area (Å²) in [5.74, 6) is 0. The zero-order valence-electron chi connectivity index (χ0n) is 12.5. The first-order chi connectivity index (χ1) is 10.1. The Bertz CT molecular complexity index is 439. The number of amides is 2. The molecule has 21 heavy (non-hydrogen) atoms. The van der Waals surface area contributed by atoms with Gasteiger partial charge >= 0.3 is 6.03 Å². The Morgan fingerprint density at radius 3 is 2.62 bits per heavy atom. The third-order valence-electron chi connectivity index (χ3n) is 3.69. The minimum Gasteiger partial charge on any atom is -0.389 e. The fraction of sp³-hybridized carbons (Fsp3) is 0.562. The molecule has 1 aromatic carbocycles. The van der Waals surface area contributed by atoms with Crippen molar-refractivity contribution in [1.29, 1.82) is 0 Å². The zero-order valence-corrected chi connectivity index (χ0v) is 12.5. The molecule has 0 aliphatic heterocycles. The van der Waals surface area contributed by atoms with Gasteiger partial charge in [-0.3, -0.25) is 0 Å². The van der Waals surface area contributed by atoms with Crippen LogP contribution < -0.4 is 10.6 Å². The molecule has 3 N–H and O–H groups in total. The molecule has 1 aliphatic rings. The van der Waals surface area contributed by atoms with Crippen molar-refractivity contribution in [2.24, 2.45) is 0 Å². The second-order valence-electron chi connectivity index (χ2n) is 5.46. The Morgan fingerprint density at radius 2 is 2.00 bits per heavy atom. The van der Waals surface area contributed by atoms with Crippen LogP contribution in [0.3, 0.4) is 0 Å². The molecule has 2 amide bonds. The van der Waals surface area contributed by atoms with E-state index in [2.05, 4.69) is 10.6 Å². The van der Waals surface area contributed by atoms with Crippen LogP contribution in [-0.4, -0.2) is 30.4 Å². The third kappa shape index (κ3) is 5.36. The van der Waals surface area contributed by atoms with Crippen LogP contribution in [0.1, 0.15) is 44.3 Å². The molecule has 1 fully saturated rings. The molecule has 1 atom stereocenters. The van der Waals surface area contributed by atoms with E-state index in [9.17, 15) is 9.90 Å². The largest absolute Gasteiger partial charge is 0.389 e. The molecule has 0 radical (unpaired) electrons. The quantitative estimate of drug-likeness (QED) is 0.706. The predicted octanol–water partition coefficient (Wildman–Crippen LogP) is 2.82. The predicted molar refractivity (Wildman–Crippen MR) is 82.3 cm³/mol. The summed E-state index contributed by atoms with van der Waals surface area (Å²) in [5.41, 5.74) is 1.53. The van der Waals surface area contributed by atoms with Gasteiger partial charge in [0.1, 0.15) is 0 Å². The van der Waals surface area contributed by atoms with E-state index in [0.717, 1.165) is 18.4 Å². The molecule has 0 spiro atoms. The molecule has 1 aromatic rings. The fourth-order valence-corrected chi connectivity index (χ4v) is 2.47. The van der Waals surface area contributed by atoms with Gasteiger partial charge in [0.15, 0.2) is 0 Å². The number of benzene rings is 1. The highest BCUT2D eigenvalue weighted by Crippen LogP contribution is 2.20. The van der Waals surface area contributed by atoms with Gasteiger partial charge in [-0.25, -0.2) is 4.79 Å². The lowest BCUT2D eigenvalue weighted by atomic mass is 10.1. The minimum atomic E-state index is -0.499. The van der Waals surface area contributed by atoms with E-state index in [1.807, 2.05) is 0 Å². The number of anilines is 1. The van der Waals surface area contributed by atoms with Crippen molar-refractivity contribution in [3.8, 4) is 0 Å². The van der Waals surface area contributed by atoms with Crippen molar-refractivity contribution < 1.29 is 14.6 Å². The third-order valence-corrected chi connectivity index (χ3v) is 3.69. The molecule has 0 heterocycles. The number of aliphatic hydroxyl groups excluding tert-OH is 1. The van der Waals surface area contributed by atoms with Gasteiger partial charge in [0.05, 0.1) is 18.8 Å². The van der Waals surface area contributed by atoms with Gasteiger partial charge in [0.25, 0.3) is 0 Å². The van der Waals surface area contributed by atoms with Crippen molar-refractivity contribution in [2.75, 3.05) is 18.5 Å². The molecular formula is C16H24N2O3. The van der Waals surface area contributed by atoms with Crippen LogP contribution in [0.2, 0.25) is 0 Å². The van der Waals surface area contributed by atoms with E-state index >= 15 is 0 Å². The number of ether oxygens (including phenoxy) is 1. The monoisotopic (exact) mass is 292 g/mol. The fourth-order valence-electron chi connectivity index (χ4n) is 2.47. The van der Waals surface area contributed by atoms with Crippen LogP contribution in [0.15, 0.2) is 24.3 Å². The normalized spacial score (nSPS) is 16.7. The number of rotatable bonds is 6. The van der Waals surface area contributed by atoms with E-state index in [4.69, 9.17) is 4.74 Å². The summed E-state index contributed by atoms with van der Waals surface area (Å²) < 4.78 is 5.68. The number of aliphatic hydroxyl groups is 1. The van der Waals surface area contributed by atoms with Crippen LogP contribution in [0.25, 0.3) is 0 Å². The highest BCUT2D eigenvalue weighted by atomic mass is 16.5. The number of nitrogens with one attached hydrogen (secondary N) is 2. The maximum Gasteiger partial charge on any atom is 0.319 e. The maximum atomic E-state index is 11.7. The van der Waals surface area contributed by atoms with Crippen molar-refractivity contribution in [1.82, 2.24) is 5.32 Å². The van der Waals surface area contributed by atoms with Crippen LogP contribution in [0.5, 0.6) is 0 Å². The van der Waals surface area contributed by atoms with Gasteiger partial charge in [-0.1, -0.05) is 25.0 Å². The number of carbonyl (C=O) groups excluding carboxylic acids is 1. The summed E-state index contributed by atoms with van der Waals surface area (Å²) in [6, 6.07) is 6.90. The van der Waals surface area contributed by atoms with Crippen LogP contribution in [0, 0.1) is 0 Å².